The molecule has 4 heteroatoms. The van der Waals surface area contributed by atoms with Crippen molar-refractivity contribution in [3.63, 3.8) is 0 Å². The smallest absolute Gasteiger partial charge is 0.0768 e. The fourth-order valence-electron chi connectivity index (χ4n) is 3.42. The van der Waals surface area contributed by atoms with Crippen LogP contribution in [0.1, 0.15) is 18.4 Å². The second-order valence-electron chi connectivity index (χ2n) is 6.37. The van der Waals surface area contributed by atoms with Gasteiger partial charge >= 0.3 is 0 Å². The summed E-state index contributed by atoms with van der Waals surface area (Å²) >= 11 is 0. The largest absolute Gasteiger partial charge is 0.379 e. The molecule has 3 aliphatic rings. The molecule has 1 aromatic rings. The molecule has 1 aliphatic carbocycles. The van der Waals surface area contributed by atoms with E-state index >= 15 is 0 Å². The van der Waals surface area contributed by atoms with Crippen LogP contribution in [0, 0.1) is 11.8 Å². The first-order valence-electron chi connectivity index (χ1n) is 7.72. The Morgan fingerprint density at radius 1 is 1.25 bits per heavy atom. The second-order valence-corrected chi connectivity index (χ2v) is 6.37. The molecule has 20 heavy (non-hydrogen) atoms. The van der Waals surface area contributed by atoms with Gasteiger partial charge in [0.15, 0.2) is 0 Å². The highest BCUT2D eigenvalue weighted by Crippen LogP contribution is 2.35. The third kappa shape index (κ3) is 2.60. The molecule has 1 aromatic heterocycles. The SMILES string of the molecule is c1cc(CN2C[C@H](OCC3CC3)[C@H]3COC[C@H]32)ccn1. The lowest BCUT2D eigenvalue weighted by Gasteiger charge is -2.21. The summed E-state index contributed by atoms with van der Waals surface area (Å²) in [6.45, 7) is 4.72. The molecule has 3 fully saturated rings. The highest BCUT2D eigenvalue weighted by molar-refractivity contribution is 5.11. The maximum atomic E-state index is 6.17. The molecule has 4 nitrogen and oxygen atoms in total. The van der Waals surface area contributed by atoms with Crippen molar-refractivity contribution in [2.24, 2.45) is 11.8 Å². The molecule has 108 valence electrons. The molecule has 0 amide bonds. The van der Waals surface area contributed by atoms with Gasteiger partial charge in [0.1, 0.15) is 0 Å². The van der Waals surface area contributed by atoms with Crippen molar-refractivity contribution < 1.29 is 9.47 Å². The fraction of sp³-hybridized carbons (Fsp3) is 0.688. The summed E-state index contributed by atoms with van der Waals surface area (Å²) in [5, 5.41) is 0. The molecule has 0 radical (unpaired) electrons. The molecule has 2 aliphatic heterocycles. The average Bonchev–Trinajstić information content (AvgIpc) is 3.07. The van der Waals surface area contributed by atoms with E-state index in [2.05, 4.69) is 22.0 Å². The van der Waals surface area contributed by atoms with E-state index < -0.39 is 0 Å². The van der Waals surface area contributed by atoms with Gasteiger partial charge in [0.2, 0.25) is 0 Å². The number of ether oxygens (including phenoxy) is 2. The van der Waals surface area contributed by atoms with E-state index in [1.165, 1.54) is 18.4 Å². The number of likely N-dealkylation sites (tertiary alicyclic amines) is 1. The summed E-state index contributed by atoms with van der Waals surface area (Å²) in [5.74, 6) is 1.40. The zero-order chi connectivity index (χ0) is 13.4. The van der Waals surface area contributed by atoms with Crippen LogP contribution in [0.5, 0.6) is 0 Å². The Morgan fingerprint density at radius 3 is 2.90 bits per heavy atom. The van der Waals surface area contributed by atoms with E-state index in [1.807, 2.05) is 12.4 Å². The molecule has 4 rings (SSSR count). The zero-order valence-corrected chi connectivity index (χ0v) is 11.8. The van der Waals surface area contributed by atoms with Gasteiger partial charge in [0.05, 0.1) is 19.3 Å². The van der Waals surface area contributed by atoms with E-state index in [0.29, 0.717) is 18.1 Å². The number of aromatic nitrogens is 1. The topological polar surface area (TPSA) is 34.6 Å². The van der Waals surface area contributed by atoms with Crippen LogP contribution < -0.4 is 0 Å². The van der Waals surface area contributed by atoms with Crippen molar-refractivity contribution in [3.05, 3.63) is 30.1 Å². The fourth-order valence-corrected chi connectivity index (χ4v) is 3.42. The molecule has 0 aromatic carbocycles. The maximum Gasteiger partial charge on any atom is 0.0768 e. The van der Waals surface area contributed by atoms with Crippen LogP contribution in [0.25, 0.3) is 0 Å². The summed E-state index contributed by atoms with van der Waals surface area (Å²) in [7, 11) is 0. The van der Waals surface area contributed by atoms with Crippen LogP contribution in [0.3, 0.4) is 0 Å². The molecule has 2 saturated heterocycles. The molecule has 0 bridgehead atoms. The number of nitrogens with zero attached hydrogens (tertiary/aromatic N) is 2. The van der Waals surface area contributed by atoms with Gasteiger partial charge < -0.3 is 9.47 Å². The molecular weight excluding hydrogens is 252 g/mol. The number of pyridine rings is 1. The van der Waals surface area contributed by atoms with Crippen LogP contribution in [0.4, 0.5) is 0 Å². The number of hydrogen-bond donors (Lipinski definition) is 0. The molecule has 3 heterocycles. The highest BCUT2D eigenvalue weighted by Gasteiger charge is 2.46. The predicted molar refractivity (Wildman–Crippen MR) is 75.2 cm³/mol. The summed E-state index contributed by atoms with van der Waals surface area (Å²) in [5.41, 5.74) is 1.33. The molecule has 1 saturated carbocycles. The van der Waals surface area contributed by atoms with Gasteiger partial charge in [-0.25, -0.2) is 0 Å². The standard InChI is InChI=1S/C16H22N2O2/c1-2-13(1)9-20-16-8-18(15-11-19-10-14(15)16)7-12-3-5-17-6-4-12/h3-6,13-16H,1-2,7-11H2/t14-,15+,16-/m0/s1. The zero-order valence-electron chi connectivity index (χ0n) is 11.8. The van der Waals surface area contributed by atoms with Crippen molar-refractivity contribution in [1.29, 1.82) is 0 Å². The molecule has 0 spiro atoms. The van der Waals surface area contributed by atoms with Gasteiger partial charge in [0, 0.05) is 44.0 Å². The van der Waals surface area contributed by atoms with Crippen molar-refractivity contribution in [1.82, 2.24) is 9.88 Å². The first-order valence-corrected chi connectivity index (χ1v) is 7.72. The average molecular weight is 274 g/mol. The minimum absolute atomic E-state index is 0.366. The monoisotopic (exact) mass is 274 g/mol. The first kappa shape index (κ1) is 12.7. The van der Waals surface area contributed by atoms with Crippen LogP contribution in [-0.4, -0.2) is 48.4 Å². The van der Waals surface area contributed by atoms with Crippen LogP contribution in [-0.2, 0) is 16.0 Å². The number of rotatable bonds is 5. The highest BCUT2D eigenvalue weighted by atomic mass is 16.5. The van der Waals surface area contributed by atoms with Gasteiger partial charge in [0.25, 0.3) is 0 Å². The Bertz CT molecular complexity index is 449. The van der Waals surface area contributed by atoms with Gasteiger partial charge in [-0.15, -0.1) is 0 Å². The third-order valence-electron chi connectivity index (χ3n) is 4.83. The molecular formula is C16H22N2O2. The van der Waals surface area contributed by atoms with E-state index in [-0.39, 0.29) is 0 Å². The van der Waals surface area contributed by atoms with Gasteiger partial charge in [-0.05, 0) is 36.5 Å². The summed E-state index contributed by atoms with van der Waals surface area (Å²) in [4.78, 5) is 6.62. The Morgan fingerprint density at radius 2 is 2.10 bits per heavy atom. The third-order valence-corrected chi connectivity index (χ3v) is 4.83. The van der Waals surface area contributed by atoms with Gasteiger partial charge in [-0.1, -0.05) is 0 Å². The Kier molecular flexibility index (Phi) is 3.46. The molecule has 3 atom stereocenters. The second kappa shape index (κ2) is 5.43. The lowest BCUT2D eigenvalue weighted by molar-refractivity contribution is 0.0137. The van der Waals surface area contributed by atoms with E-state index in [0.717, 1.165) is 38.8 Å². The molecule has 0 unspecified atom stereocenters. The van der Waals surface area contributed by atoms with Crippen LogP contribution >= 0.6 is 0 Å². The Hall–Kier alpha value is -0.970. The van der Waals surface area contributed by atoms with Gasteiger partial charge in [-0.3, -0.25) is 9.88 Å². The lowest BCUT2D eigenvalue weighted by atomic mass is 10.0. The summed E-state index contributed by atoms with van der Waals surface area (Å²) < 4.78 is 11.9. The Balaban J connectivity index is 1.41. The number of fused-ring (bicyclic) bond motifs is 1. The lowest BCUT2D eigenvalue weighted by Crippen LogP contribution is -2.32. The van der Waals surface area contributed by atoms with Crippen LogP contribution in [0.2, 0.25) is 0 Å². The predicted octanol–water partition coefficient (Wildman–Crippen LogP) is 1.71. The van der Waals surface area contributed by atoms with Gasteiger partial charge in [-0.2, -0.15) is 0 Å². The van der Waals surface area contributed by atoms with E-state index in [9.17, 15) is 0 Å². The van der Waals surface area contributed by atoms with E-state index in [4.69, 9.17) is 9.47 Å². The minimum Gasteiger partial charge on any atom is -0.379 e. The Labute approximate surface area is 120 Å². The van der Waals surface area contributed by atoms with Crippen LogP contribution in [0.15, 0.2) is 24.5 Å². The summed E-state index contributed by atoms with van der Waals surface area (Å²) in [6, 6.07) is 4.74. The minimum atomic E-state index is 0.366. The van der Waals surface area contributed by atoms with Crippen molar-refractivity contribution in [2.45, 2.75) is 31.5 Å². The first-order chi connectivity index (χ1) is 9.90. The number of hydrogen-bond acceptors (Lipinski definition) is 4. The van der Waals surface area contributed by atoms with E-state index in [1.54, 1.807) is 0 Å². The normalized spacial score (nSPS) is 33.5. The molecule has 0 N–H and O–H groups in total. The maximum absolute atomic E-state index is 6.17. The van der Waals surface area contributed by atoms with Crippen molar-refractivity contribution >= 4 is 0 Å². The quantitative estimate of drug-likeness (QED) is 0.818. The van der Waals surface area contributed by atoms with Crippen molar-refractivity contribution in [3.8, 4) is 0 Å². The van der Waals surface area contributed by atoms with Crippen molar-refractivity contribution in [2.75, 3.05) is 26.4 Å². The summed E-state index contributed by atoms with van der Waals surface area (Å²) in [6.07, 6.45) is 6.82.